The maximum absolute atomic E-state index is 11.3. The molecule has 0 saturated carbocycles. The smallest absolute Gasteiger partial charge is 0.167 e. The zero-order chi connectivity index (χ0) is 19.8. The van der Waals surface area contributed by atoms with Crippen LogP contribution >= 0.6 is 0 Å². The number of hydrogen-bond donors (Lipinski definition) is 2. The van der Waals surface area contributed by atoms with Crippen LogP contribution in [0.25, 0.3) is 0 Å². The van der Waals surface area contributed by atoms with E-state index in [1.165, 1.54) is 0 Å². The molecule has 0 radical (unpaired) electrons. The van der Waals surface area contributed by atoms with Gasteiger partial charge >= 0.3 is 0 Å². The summed E-state index contributed by atoms with van der Waals surface area (Å²) >= 11 is 0. The second-order valence-corrected chi connectivity index (χ2v) is 9.43. The Bertz CT molecular complexity index is 924. The molecule has 0 spiro atoms. The summed E-state index contributed by atoms with van der Waals surface area (Å²) in [6, 6.07) is 0.817. The molecule has 1 aromatic carbocycles. The van der Waals surface area contributed by atoms with Crippen molar-refractivity contribution in [1.29, 1.82) is 0 Å². The summed E-state index contributed by atoms with van der Waals surface area (Å²) in [4.78, 5) is 7.44. The number of fused-ring (bicyclic) bond motifs is 8. The highest BCUT2D eigenvalue weighted by molar-refractivity contribution is 5.65. The average molecular weight is 401 g/mol. The lowest BCUT2D eigenvalue weighted by Crippen LogP contribution is -2.71. The first-order valence-electron chi connectivity index (χ1n) is 10.6. The van der Waals surface area contributed by atoms with Gasteiger partial charge in [0.25, 0.3) is 0 Å². The molecule has 6 aliphatic rings. The van der Waals surface area contributed by atoms with Crippen molar-refractivity contribution in [3.8, 4) is 17.2 Å². The molecule has 2 N–H and O–H groups in total. The quantitative estimate of drug-likeness (QED) is 0.673. The van der Waals surface area contributed by atoms with Gasteiger partial charge in [0.1, 0.15) is 18.2 Å². The monoisotopic (exact) mass is 401 g/mol. The number of rotatable bonds is 1. The summed E-state index contributed by atoms with van der Waals surface area (Å²) in [5.74, 6) is 1.20. The topological polar surface area (TPSA) is 77.9 Å². The van der Waals surface area contributed by atoms with Gasteiger partial charge in [-0.3, -0.25) is 14.7 Å². The van der Waals surface area contributed by atoms with Crippen molar-refractivity contribution in [2.75, 3.05) is 33.9 Å². The molecule has 0 unspecified atom stereocenters. The fourth-order valence-corrected chi connectivity index (χ4v) is 7.64. The van der Waals surface area contributed by atoms with Gasteiger partial charge in [0.15, 0.2) is 11.5 Å². The standard InChI is InChI=1S/C21H27N3O5/c1-8-17(25)13-12(18(26)19(8)27-3)11-7-29-21-10-6-9-14(22(10)2)16(24(11)21)15(13)23-4-5-28-20(9)23/h9-11,14-16,20-21,25-26H,4-7H2,1-3H3/t9-,10-,11+,14+,15+,16+,20-,21+/m0/s1. The van der Waals surface area contributed by atoms with E-state index in [0.717, 1.165) is 24.1 Å². The van der Waals surface area contributed by atoms with Crippen molar-refractivity contribution < 1.29 is 24.4 Å². The van der Waals surface area contributed by atoms with E-state index in [1.54, 1.807) is 7.11 Å². The largest absolute Gasteiger partial charge is 0.507 e. The maximum Gasteiger partial charge on any atom is 0.167 e. The van der Waals surface area contributed by atoms with Crippen LogP contribution in [0.15, 0.2) is 0 Å². The Balaban J connectivity index is 1.54. The Hall–Kier alpha value is -1.58. The Morgan fingerprint density at radius 3 is 2.69 bits per heavy atom. The minimum Gasteiger partial charge on any atom is -0.507 e. The zero-order valence-corrected chi connectivity index (χ0v) is 16.9. The fourth-order valence-electron chi connectivity index (χ4n) is 7.64. The summed E-state index contributed by atoms with van der Waals surface area (Å²) in [7, 11) is 3.76. The van der Waals surface area contributed by atoms with Gasteiger partial charge in [-0.1, -0.05) is 0 Å². The third kappa shape index (κ3) is 1.73. The molecule has 8 atom stereocenters. The third-order valence-corrected chi connectivity index (χ3v) is 8.60. The molecule has 0 amide bonds. The Kier molecular flexibility index (Phi) is 3.17. The van der Waals surface area contributed by atoms with Crippen molar-refractivity contribution in [1.82, 2.24) is 14.7 Å². The molecule has 156 valence electrons. The lowest BCUT2D eigenvalue weighted by Gasteiger charge is -2.59. The van der Waals surface area contributed by atoms with Crippen molar-refractivity contribution in [2.45, 2.75) is 56.0 Å². The first-order chi connectivity index (χ1) is 14.0. The number of piperazine rings is 1. The maximum atomic E-state index is 11.3. The van der Waals surface area contributed by atoms with Crippen LogP contribution in [0.3, 0.4) is 0 Å². The van der Waals surface area contributed by atoms with Gasteiger partial charge in [0, 0.05) is 41.2 Å². The van der Waals surface area contributed by atoms with Gasteiger partial charge in [0.2, 0.25) is 0 Å². The number of piperidine rings is 1. The van der Waals surface area contributed by atoms with Crippen LogP contribution in [-0.2, 0) is 9.47 Å². The molecule has 5 fully saturated rings. The molecule has 6 aliphatic heterocycles. The van der Waals surface area contributed by atoms with Crippen molar-refractivity contribution in [3.05, 3.63) is 16.7 Å². The first-order valence-corrected chi connectivity index (χ1v) is 10.6. The highest BCUT2D eigenvalue weighted by atomic mass is 16.5. The second kappa shape index (κ2) is 5.36. The number of ether oxygens (including phenoxy) is 3. The van der Waals surface area contributed by atoms with Crippen molar-refractivity contribution >= 4 is 0 Å². The normalized spacial score (nSPS) is 44.8. The molecule has 0 aromatic heterocycles. The number of nitrogens with zero attached hydrogens (tertiary/aromatic N) is 3. The third-order valence-electron chi connectivity index (χ3n) is 8.60. The number of hydrogen-bond acceptors (Lipinski definition) is 8. The molecule has 5 saturated heterocycles. The summed E-state index contributed by atoms with van der Waals surface area (Å²) < 4.78 is 18.1. The first kappa shape index (κ1) is 17.1. The molecule has 6 heterocycles. The molecule has 8 nitrogen and oxygen atoms in total. The Labute approximate surface area is 169 Å². The number of aromatic hydroxyl groups is 2. The summed E-state index contributed by atoms with van der Waals surface area (Å²) in [6.45, 7) is 3.91. The minimum atomic E-state index is -0.0610. The zero-order valence-electron chi connectivity index (χ0n) is 16.9. The van der Waals surface area contributed by atoms with Gasteiger partial charge in [-0.25, -0.2) is 0 Å². The predicted octanol–water partition coefficient (Wildman–Crippen LogP) is 0.912. The second-order valence-electron chi connectivity index (χ2n) is 9.43. The van der Waals surface area contributed by atoms with Crippen molar-refractivity contribution in [3.63, 3.8) is 0 Å². The molecule has 8 heteroatoms. The molecule has 1 aromatic rings. The predicted molar refractivity (Wildman–Crippen MR) is 102 cm³/mol. The molecule has 7 rings (SSSR count). The van der Waals surface area contributed by atoms with Crippen LogP contribution in [0.4, 0.5) is 0 Å². The summed E-state index contributed by atoms with van der Waals surface area (Å²) in [5.41, 5.74) is 2.23. The van der Waals surface area contributed by atoms with Crippen LogP contribution in [0.2, 0.25) is 0 Å². The molecular weight excluding hydrogens is 374 g/mol. The van der Waals surface area contributed by atoms with E-state index < -0.39 is 0 Å². The van der Waals surface area contributed by atoms with E-state index in [1.807, 2.05) is 6.92 Å². The number of likely N-dealkylation sites (N-methyl/N-ethyl adjacent to an activating group) is 1. The van der Waals surface area contributed by atoms with Crippen LogP contribution in [-0.4, -0.2) is 89.4 Å². The molecule has 0 aliphatic carbocycles. The lowest BCUT2D eigenvalue weighted by atomic mass is 9.73. The van der Waals surface area contributed by atoms with Gasteiger partial charge in [0.05, 0.1) is 38.4 Å². The number of benzene rings is 1. The van der Waals surface area contributed by atoms with Gasteiger partial charge < -0.3 is 24.4 Å². The number of phenols is 2. The molecule has 2 bridgehead atoms. The SMILES string of the molecule is COc1c(C)c(O)c2c(c1O)[C@H]1CO[C@@H]3[C@@H]4C[C@H]5[C@H]([C@H]([C@@H]2N2CCO[C@@H]52)N13)N4C. The summed E-state index contributed by atoms with van der Waals surface area (Å²) in [6.07, 6.45) is 1.14. The minimum absolute atomic E-state index is 0.0146. The van der Waals surface area contributed by atoms with Crippen LogP contribution < -0.4 is 4.74 Å². The van der Waals surface area contributed by atoms with E-state index in [-0.39, 0.29) is 42.1 Å². The highest BCUT2D eigenvalue weighted by Gasteiger charge is 2.69. The van der Waals surface area contributed by atoms with Crippen LogP contribution in [0.5, 0.6) is 17.2 Å². The van der Waals surface area contributed by atoms with Gasteiger partial charge in [-0.05, 0) is 20.4 Å². The van der Waals surface area contributed by atoms with E-state index in [2.05, 4.69) is 21.7 Å². The lowest BCUT2D eigenvalue weighted by molar-refractivity contribution is -0.165. The molecule has 29 heavy (non-hydrogen) atoms. The van der Waals surface area contributed by atoms with E-state index in [9.17, 15) is 10.2 Å². The van der Waals surface area contributed by atoms with Gasteiger partial charge in [-0.15, -0.1) is 0 Å². The van der Waals surface area contributed by atoms with E-state index in [4.69, 9.17) is 14.2 Å². The number of phenolic OH excluding ortho intramolecular Hbond substituents is 2. The van der Waals surface area contributed by atoms with Gasteiger partial charge in [-0.2, -0.15) is 0 Å². The van der Waals surface area contributed by atoms with E-state index in [0.29, 0.717) is 42.5 Å². The van der Waals surface area contributed by atoms with Crippen LogP contribution in [0.1, 0.15) is 35.2 Å². The molecular formula is C21H27N3O5. The average Bonchev–Trinajstić information content (AvgIpc) is 3.40. The Morgan fingerprint density at radius 2 is 1.90 bits per heavy atom. The van der Waals surface area contributed by atoms with E-state index >= 15 is 0 Å². The summed E-state index contributed by atoms with van der Waals surface area (Å²) in [5, 5.41) is 22.6. The number of methoxy groups -OCH3 is 1. The highest BCUT2D eigenvalue weighted by Crippen LogP contribution is 2.63. The Morgan fingerprint density at radius 1 is 1.07 bits per heavy atom. The fraction of sp³-hybridized carbons (Fsp3) is 0.714. The van der Waals surface area contributed by atoms with Crippen molar-refractivity contribution in [2.24, 2.45) is 5.92 Å². The van der Waals surface area contributed by atoms with Crippen LogP contribution in [0, 0.1) is 12.8 Å².